The fraction of sp³-hybridized carbons (Fsp3) is 0.406. The summed E-state index contributed by atoms with van der Waals surface area (Å²) < 4.78 is 23.1. The van der Waals surface area contributed by atoms with Gasteiger partial charge < -0.3 is 80.2 Å². The fourth-order valence-electron chi connectivity index (χ4n) is 7.20. The van der Waals surface area contributed by atoms with Crippen LogP contribution in [0.1, 0.15) is 38.2 Å². The summed E-state index contributed by atoms with van der Waals surface area (Å²) in [6.07, 6.45) is -17.0. The summed E-state index contributed by atoms with van der Waals surface area (Å²) in [5.74, 6) is -8.40. The molecule has 262 valence electrons. The molecule has 4 heterocycles. The molecular formula is C32H32O17. The predicted molar refractivity (Wildman–Crippen MR) is 156 cm³/mol. The van der Waals surface area contributed by atoms with E-state index in [1.165, 1.54) is 42.5 Å². The monoisotopic (exact) mass is 688 g/mol. The van der Waals surface area contributed by atoms with Crippen LogP contribution >= 0.6 is 0 Å². The molecule has 0 radical (unpaired) electrons. The maximum atomic E-state index is 14.3. The number of aliphatic hydroxyl groups excluding tert-OH is 8. The first-order valence-electron chi connectivity index (χ1n) is 15.0. The normalized spacial score (nSPS) is 36.0. The number of aliphatic hydroxyl groups is 10. The van der Waals surface area contributed by atoms with Crippen molar-refractivity contribution in [1.82, 2.24) is 0 Å². The van der Waals surface area contributed by atoms with Crippen LogP contribution in [-0.2, 0) is 31.4 Å². The van der Waals surface area contributed by atoms with Crippen molar-refractivity contribution in [1.29, 1.82) is 0 Å². The Morgan fingerprint density at radius 3 is 1.57 bits per heavy atom. The van der Waals surface area contributed by atoms with Crippen molar-refractivity contribution in [2.24, 2.45) is 0 Å². The minimum atomic E-state index is -3.34. The fourth-order valence-corrected chi connectivity index (χ4v) is 7.20. The lowest BCUT2D eigenvalue weighted by Crippen LogP contribution is -2.66. The number of fused-ring (bicyclic) bond motifs is 6. The molecule has 0 bridgehead atoms. The van der Waals surface area contributed by atoms with Gasteiger partial charge in [0.05, 0.1) is 18.8 Å². The highest BCUT2D eigenvalue weighted by molar-refractivity contribution is 5.99. The molecule has 2 fully saturated rings. The van der Waals surface area contributed by atoms with Crippen molar-refractivity contribution in [2.75, 3.05) is 13.2 Å². The predicted octanol–water partition coefficient (Wildman–Crippen LogP) is -3.10. The summed E-state index contributed by atoms with van der Waals surface area (Å²) in [6.45, 7) is -2.05. The maximum Gasteiger partial charge on any atom is 0.340 e. The summed E-state index contributed by atoms with van der Waals surface area (Å²) in [5.41, 5.74) is -4.29. The largest absolute Gasteiger partial charge is 0.508 e. The molecule has 0 unspecified atom stereocenters. The van der Waals surface area contributed by atoms with Crippen LogP contribution in [0, 0.1) is 0 Å². The van der Waals surface area contributed by atoms with E-state index in [2.05, 4.69) is 0 Å². The molecule has 3 aromatic rings. The zero-order valence-corrected chi connectivity index (χ0v) is 25.1. The Hall–Kier alpha value is -3.95. The van der Waals surface area contributed by atoms with Crippen LogP contribution in [0.2, 0.25) is 0 Å². The first-order valence-corrected chi connectivity index (χ1v) is 15.0. The van der Waals surface area contributed by atoms with E-state index in [4.69, 9.17) is 18.9 Å². The molecule has 4 aliphatic rings. The van der Waals surface area contributed by atoms with Gasteiger partial charge in [-0.2, -0.15) is 0 Å². The highest BCUT2D eigenvalue weighted by Crippen LogP contribution is 2.59. The lowest BCUT2D eigenvalue weighted by atomic mass is 9.73. The standard InChI is InChI=1S/C32H32O17/c33-9-19-23(37)25(39)27(41)31(44,47-19)16-6-5-15-21(22(16)32(45)28(42)26(40)24(38)20(10-34)48-32)29(43)49-30(15)13-3-1-11(35)7-17(13)46-18-8-12(36)2-4-14(18)30/h1-8,19-20,23-28,33-42,44-45H,9-10H2/t19-,20-,23+,24+,25+,26+,27-,28-,31+,32+/m1/s1. The van der Waals surface area contributed by atoms with Crippen molar-refractivity contribution in [3.05, 3.63) is 81.9 Å². The Bertz CT molecular complexity index is 1780. The van der Waals surface area contributed by atoms with E-state index in [1.807, 2.05) is 0 Å². The quantitative estimate of drug-likeness (QED) is 0.121. The lowest BCUT2D eigenvalue weighted by molar-refractivity contribution is -0.370. The van der Waals surface area contributed by atoms with Gasteiger partial charge >= 0.3 is 5.97 Å². The molecule has 12 N–H and O–H groups in total. The number of ether oxygens (including phenoxy) is 4. The number of carbonyl (C=O) groups excluding carboxylic acids is 1. The first-order chi connectivity index (χ1) is 23.1. The lowest BCUT2D eigenvalue weighted by Gasteiger charge is -2.50. The molecule has 17 heteroatoms. The van der Waals surface area contributed by atoms with Gasteiger partial charge in [-0.3, -0.25) is 0 Å². The second kappa shape index (κ2) is 11.3. The molecule has 7 rings (SSSR count). The van der Waals surface area contributed by atoms with Crippen molar-refractivity contribution < 1.29 is 85.0 Å². The van der Waals surface area contributed by atoms with Crippen molar-refractivity contribution in [3.8, 4) is 23.0 Å². The number of esters is 1. The highest BCUT2D eigenvalue weighted by Gasteiger charge is 2.64. The summed E-state index contributed by atoms with van der Waals surface area (Å²) in [4.78, 5) is 14.3. The van der Waals surface area contributed by atoms with E-state index in [0.29, 0.717) is 0 Å². The molecular weight excluding hydrogens is 656 g/mol. The highest BCUT2D eigenvalue weighted by atomic mass is 16.7. The van der Waals surface area contributed by atoms with E-state index in [1.54, 1.807) is 0 Å². The minimum Gasteiger partial charge on any atom is -0.508 e. The average molecular weight is 689 g/mol. The first kappa shape index (κ1) is 33.5. The van der Waals surface area contributed by atoms with Crippen LogP contribution in [-0.4, -0.2) is 129 Å². The Kier molecular flexibility index (Phi) is 7.73. The number of benzene rings is 3. The van der Waals surface area contributed by atoms with Gasteiger partial charge in [0.15, 0.2) is 5.60 Å². The number of rotatable bonds is 4. The van der Waals surface area contributed by atoms with Crippen LogP contribution in [0.25, 0.3) is 0 Å². The average Bonchev–Trinajstić information content (AvgIpc) is 3.37. The zero-order chi connectivity index (χ0) is 35.4. The molecule has 49 heavy (non-hydrogen) atoms. The van der Waals surface area contributed by atoms with Crippen molar-refractivity contribution in [2.45, 2.75) is 66.0 Å². The molecule has 10 atom stereocenters. The summed E-state index contributed by atoms with van der Waals surface area (Å²) in [5, 5.41) is 129. The number of hydrogen-bond acceptors (Lipinski definition) is 17. The second-order valence-electron chi connectivity index (χ2n) is 12.4. The summed E-state index contributed by atoms with van der Waals surface area (Å²) >= 11 is 0. The zero-order valence-electron chi connectivity index (χ0n) is 25.1. The topological polar surface area (TPSA) is 297 Å². The van der Waals surface area contributed by atoms with Gasteiger partial charge in [0, 0.05) is 39.9 Å². The molecule has 0 saturated carbocycles. The van der Waals surface area contributed by atoms with Gasteiger partial charge in [0.25, 0.3) is 0 Å². The Labute approximate surface area is 275 Å². The maximum absolute atomic E-state index is 14.3. The summed E-state index contributed by atoms with van der Waals surface area (Å²) in [6, 6.07) is 9.85. The third-order valence-corrected chi connectivity index (χ3v) is 9.62. The molecule has 0 aliphatic carbocycles. The van der Waals surface area contributed by atoms with E-state index >= 15 is 0 Å². The molecule has 0 aromatic heterocycles. The Morgan fingerprint density at radius 2 is 1.06 bits per heavy atom. The van der Waals surface area contributed by atoms with E-state index in [0.717, 1.165) is 6.07 Å². The Balaban J connectivity index is 1.57. The molecule has 3 aromatic carbocycles. The van der Waals surface area contributed by atoms with E-state index in [9.17, 15) is 66.1 Å². The van der Waals surface area contributed by atoms with Gasteiger partial charge in [-0.1, -0.05) is 12.1 Å². The van der Waals surface area contributed by atoms with Crippen LogP contribution in [0.3, 0.4) is 0 Å². The SMILES string of the molecule is O=C1OC2(c3ccc(O)cc3Oc3cc(O)ccc32)c2ccc([C@]3(O)O[C@H](CO)[C@H](O)[C@H](O)[C@H]3O)c([C@]3(O)O[C@H](CO)[C@H](O)[C@H](O)[C@H]3O)c21. The second-order valence-corrected chi connectivity index (χ2v) is 12.4. The van der Waals surface area contributed by atoms with Crippen LogP contribution < -0.4 is 4.74 Å². The number of phenolic OH excluding ortho intramolecular Hbond substituents is 2. The van der Waals surface area contributed by atoms with Gasteiger partial charge in [-0.05, 0) is 24.3 Å². The molecule has 0 amide bonds. The van der Waals surface area contributed by atoms with Gasteiger partial charge in [0.2, 0.25) is 11.6 Å². The van der Waals surface area contributed by atoms with Gasteiger partial charge in [-0.25, -0.2) is 4.79 Å². The van der Waals surface area contributed by atoms with Crippen LogP contribution in [0.5, 0.6) is 23.0 Å². The number of phenols is 2. The van der Waals surface area contributed by atoms with Crippen molar-refractivity contribution >= 4 is 5.97 Å². The molecule has 17 nitrogen and oxygen atoms in total. The smallest absolute Gasteiger partial charge is 0.340 e. The van der Waals surface area contributed by atoms with Crippen LogP contribution in [0.4, 0.5) is 0 Å². The molecule has 1 spiro atoms. The third-order valence-electron chi connectivity index (χ3n) is 9.62. The molecule has 4 aliphatic heterocycles. The molecule has 2 saturated heterocycles. The number of aromatic hydroxyl groups is 2. The summed E-state index contributed by atoms with van der Waals surface area (Å²) in [7, 11) is 0. The number of hydrogen-bond donors (Lipinski definition) is 12. The van der Waals surface area contributed by atoms with Crippen LogP contribution in [0.15, 0.2) is 48.5 Å². The van der Waals surface area contributed by atoms with E-state index < -0.39 is 102 Å². The van der Waals surface area contributed by atoms with E-state index in [-0.39, 0.29) is 39.7 Å². The third kappa shape index (κ3) is 4.47. The van der Waals surface area contributed by atoms with Crippen molar-refractivity contribution in [3.63, 3.8) is 0 Å². The van der Waals surface area contributed by atoms with Gasteiger partial charge in [0.1, 0.15) is 71.8 Å². The van der Waals surface area contributed by atoms with Gasteiger partial charge in [-0.15, -0.1) is 0 Å². The number of carbonyl (C=O) groups is 1. The minimum absolute atomic E-state index is 0.0384. The Morgan fingerprint density at radius 1 is 0.612 bits per heavy atom.